The number of anilines is 2. The Morgan fingerprint density at radius 2 is 0.974 bits per heavy atom. The lowest BCUT2D eigenvalue weighted by Gasteiger charge is -2.11. The molecule has 77 heavy (non-hydrogen) atoms. The Kier molecular flexibility index (Phi) is 21.2. The van der Waals surface area contributed by atoms with Gasteiger partial charge in [-0.1, -0.05) is 23.2 Å². The number of alkyl halides is 6. The first kappa shape index (κ1) is 60.9. The van der Waals surface area contributed by atoms with Crippen LogP contribution in [-0.2, 0) is 55.1 Å². The van der Waals surface area contributed by atoms with Gasteiger partial charge < -0.3 is 36.6 Å². The summed E-state index contributed by atoms with van der Waals surface area (Å²) in [6.07, 6.45) is -7.73. The van der Waals surface area contributed by atoms with Gasteiger partial charge in [0, 0.05) is 59.2 Å². The summed E-state index contributed by atoms with van der Waals surface area (Å²) < 4.78 is 126. The first-order valence-corrected chi connectivity index (χ1v) is 27.1. The molecule has 11 N–H and O–H groups in total. The number of thiophene rings is 2. The lowest BCUT2D eigenvalue weighted by molar-refractivity contribution is -0.138. The van der Waals surface area contributed by atoms with Crippen LogP contribution in [0.4, 0.5) is 38.0 Å². The van der Waals surface area contributed by atoms with E-state index in [4.69, 9.17) is 23.2 Å². The van der Waals surface area contributed by atoms with Crippen molar-refractivity contribution in [2.24, 2.45) is 0 Å². The lowest BCUT2D eigenvalue weighted by Crippen LogP contribution is -2.41. The van der Waals surface area contributed by atoms with Crippen LogP contribution in [0.1, 0.15) is 67.3 Å². The topological polar surface area (TPSA) is 319 Å². The molecule has 4 heterocycles. The number of amides is 4. The summed E-state index contributed by atoms with van der Waals surface area (Å²) in [6, 6.07) is 16.2. The number of nitrogens with one attached hydrogen (secondary N) is 8. The molecule has 0 spiro atoms. The maximum absolute atomic E-state index is 12.7. The number of halogens is 8. The zero-order valence-corrected chi connectivity index (χ0v) is 43.8. The van der Waals surface area contributed by atoms with E-state index in [1.807, 2.05) is 9.66 Å². The number of carbonyl (C=O) groups excluding carboxylic acids is 4. The summed E-state index contributed by atoms with van der Waals surface area (Å²) in [4.78, 5) is 60.5. The molecule has 0 radical (unpaired) electrons. The second kappa shape index (κ2) is 26.9. The van der Waals surface area contributed by atoms with E-state index in [9.17, 15) is 77.7 Å². The third kappa shape index (κ3) is 18.9. The molecule has 33 heteroatoms. The second-order valence-electron chi connectivity index (χ2n) is 15.5. The zero-order chi connectivity index (χ0) is 56.7. The van der Waals surface area contributed by atoms with Crippen LogP contribution in [-0.4, -0.2) is 78.8 Å². The minimum absolute atomic E-state index is 0.0108. The summed E-state index contributed by atoms with van der Waals surface area (Å²) in [6.45, 7) is 0.319. The fourth-order valence-electron chi connectivity index (χ4n) is 5.84. The van der Waals surface area contributed by atoms with E-state index in [0.29, 0.717) is 27.7 Å². The average Bonchev–Trinajstić information content (AvgIpc) is 4.07. The molecule has 0 unspecified atom stereocenters. The number of hydrazine groups is 2. The van der Waals surface area contributed by atoms with Crippen LogP contribution in [0.3, 0.4) is 0 Å². The molecule has 2 aromatic carbocycles. The highest BCUT2D eigenvalue weighted by Gasteiger charge is 2.32. The number of phenols is 3. The number of nitrogens with zero attached hydrogens (tertiary/aromatic N) is 2. The van der Waals surface area contributed by atoms with E-state index in [1.54, 1.807) is 0 Å². The molecule has 0 saturated carbocycles. The van der Waals surface area contributed by atoms with Crippen LogP contribution < -0.4 is 41.8 Å². The molecule has 0 saturated heterocycles. The molecule has 414 valence electrons. The van der Waals surface area contributed by atoms with E-state index in [0.717, 1.165) is 46.9 Å². The van der Waals surface area contributed by atoms with Crippen molar-refractivity contribution >= 4 is 101 Å². The van der Waals surface area contributed by atoms with Crippen LogP contribution in [0.25, 0.3) is 0 Å². The van der Waals surface area contributed by atoms with Crippen molar-refractivity contribution in [3.8, 4) is 17.2 Å². The van der Waals surface area contributed by atoms with E-state index >= 15 is 0 Å². The van der Waals surface area contributed by atoms with Crippen molar-refractivity contribution in [3.05, 3.63) is 133 Å². The molecular weight excluding hydrogens is 1160 g/mol. The fraction of sp³-hybridized carbons (Fsp3) is 0.227. The molecule has 0 fully saturated rings. The number of pyridine rings is 2. The van der Waals surface area contributed by atoms with Crippen molar-refractivity contribution in [1.29, 1.82) is 0 Å². The maximum Gasteiger partial charge on any atom is 0.417 e. The number of carbonyl (C=O) groups is 4. The Labute approximate surface area is 451 Å². The fourth-order valence-corrected chi connectivity index (χ4v) is 10.6. The normalized spacial score (nSPS) is 11.7. The minimum Gasteiger partial charge on any atom is -0.508 e. The van der Waals surface area contributed by atoms with Gasteiger partial charge in [-0.2, -0.15) is 26.3 Å². The molecule has 0 aliphatic carbocycles. The zero-order valence-electron chi connectivity index (χ0n) is 39.0. The predicted molar refractivity (Wildman–Crippen MR) is 270 cm³/mol. The minimum atomic E-state index is -4.58. The van der Waals surface area contributed by atoms with Gasteiger partial charge in [0.2, 0.25) is 11.8 Å². The van der Waals surface area contributed by atoms with Gasteiger partial charge >= 0.3 is 12.4 Å². The standard InChI is InChI=1S/C22H21ClF3N5O6S2.C22H21ClF3N5O5S2/c23-15-9-13(22(24,25)26)10-28-20(15)27-7-1-2-18(34)30-31-39(36,37)19-6-4-14(38-19)11-29-21(35)12-3-5-16(32)17(33)8-12;23-17-10-14(22(24,25)26)11-28-20(17)27-9-1-2-18(33)30-31-38(35,36)19-8-7-16(37-19)12-29-21(34)13-3-5-15(32)6-4-13/h3-6,8-10,31-33H,1-2,7,11H2,(H,27,28)(H,29,35)(H,30,34);3-8,10-11,31-32H,1-2,9,12H2,(H,27,28)(H,29,34)(H,30,33). The number of phenolic OH excluding ortho intramolecular Hbond substituents is 3. The largest absolute Gasteiger partial charge is 0.508 e. The predicted octanol–water partition coefficient (Wildman–Crippen LogP) is 7.01. The highest BCUT2D eigenvalue weighted by Crippen LogP contribution is 2.34. The maximum atomic E-state index is 12.7. The van der Waals surface area contributed by atoms with Gasteiger partial charge in [-0.15, -0.1) is 32.3 Å². The molecule has 0 atom stereocenters. The van der Waals surface area contributed by atoms with Crippen molar-refractivity contribution in [3.63, 3.8) is 0 Å². The van der Waals surface area contributed by atoms with Gasteiger partial charge in [0.15, 0.2) is 11.5 Å². The number of sulfonamides is 2. The lowest BCUT2D eigenvalue weighted by atomic mass is 10.2. The van der Waals surface area contributed by atoms with Gasteiger partial charge in [-0.05, 0) is 91.7 Å². The smallest absolute Gasteiger partial charge is 0.417 e. The Bertz CT molecular complexity index is 3300. The van der Waals surface area contributed by atoms with Crippen LogP contribution in [0.15, 0.2) is 99.7 Å². The SMILES string of the molecule is O=C(CCCNc1ncc(C(F)(F)F)cc1Cl)NNS(=O)(=O)c1ccc(CNC(=O)c2ccc(O)c(O)c2)s1.O=C(CCCNc1ncc(C(F)(F)F)cc1Cl)NNS(=O)(=O)c1ccc(CNC(=O)c2ccc(O)cc2)s1. The average molecular weight is 1200 g/mol. The first-order valence-electron chi connectivity index (χ1n) is 21.7. The van der Waals surface area contributed by atoms with Crippen molar-refractivity contribution in [2.45, 2.75) is 59.5 Å². The van der Waals surface area contributed by atoms with Crippen molar-refractivity contribution in [1.82, 2.24) is 41.1 Å². The summed E-state index contributed by atoms with van der Waals surface area (Å²) >= 11 is 13.3. The Morgan fingerprint density at radius 1 is 0.558 bits per heavy atom. The van der Waals surface area contributed by atoms with Crippen molar-refractivity contribution in [2.75, 3.05) is 23.7 Å². The first-order chi connectivity index (χ1) is 36.1. The number of aromatic hydroxyl groups is 3. The third-order valence-corrected chi connectivity index (χ3v) is 16.0. The number of rotatable bonds is 22. The molecule has 6 aromatic rings. The summed E-state index contributed by atoms with van der Waals surface area (Å²) in [5.74, 6) is -3.05. The number of hydrogen-bond acceptors (Lipinski definition) is 17. The van der Waals surface area contributed by atoms with Gasteiger partial charge in [0.1, 0.15) is 25.8 Å². The Morgan fingerprint density at radius 3 is 1.38 bits per heavy atom. The van der Waals surface area contributed by atoms with E-state index < -0.39 is 72.9 Å². The molecule has 6 rings (SSSR count). The van der Waals surface area contributed by atoms with Crippen molar-refractivity contribution < 1.29 is 77.7 Å². The molecule has 4 aromatic heterocycles. The summed E-state index contributed by atoms with van der Waals surface area (Å²) in [5, 5.41) is 38.2. The number of aromatic nitrogens is 2. The van der Waals surface area contributed by atoms with Gasteiger partial charge in [0.05, 0.1) is 34.3 Å². The third-order valence-electron chi connectivity index (χ3n) is 9.75. The van der Waals surface area contributed by atoms with Gasteiger partial charge in [-0.25, -0.2) is 26.8 Å². The monoisotopic (exact) mass is 1200 g/mol. The number of benzene rings is 2. The molecule has 0 bridgehead atoms. The Balaban J connectivity index is 0.000000284. The molecule has 21 nitrogen and oxygen atoms in total. The van der Waals surface area contributed by atoms with Crippen LogP contribution in [0, 0.1) is 0 Å². The van der Waals surface area contributed by atoms with Crippen LogP contribution in [0.2, 0.25) is 10.0 Å². The second-order valence-corrected chi connectivity index (χ2v) is 22.5. The highest BCUT2D eigenvalue weighted by atomic mass is 35.5. The van der Waals surface area contributed by atoms with Gasteiger partial charge in [-0.3, -0.25) is 30.0 Å². The van der Waals surface area contributed by atoms with Crippen LogP contribution >= 0.6 is 45.9 Å². The highest BCUT2D eigenvalue weighted by molar-refractivity contribution is 7.91. The summed E-state index contributed by atoms with van der Waals surface area (Å²) in [7, 11) is -8.17. The molecule has 0 aliphatic rings. The molecule has 4 amide bonds. The van der Waals surface area contributed by atoms with E-state index in [2.05, 4.69) is 42.1 Å². The van der Waals surface area contributed by atoms with E-state index in [-0.39, 0.29) is 99.0 Å². The van der Waals surface area contributed by atoms with E-state index in [1.165, 1.54) is 54.6 Å². The van der Waals surface area contributed by atoms with Gasteiger partial charge in [0.25, 0.3) is 31.9 Å². The number of hydrogen-bond donors (Lipinski definition) is 11. The Hall–Kier alpha value is -7.00. The molecular formula is C44H42Cl2F6N10O11S4. The summed E-state index contributed by atoms with van der Waals surface area (Å²) in [5.41, 5.74) is 2.58. The quantitative estimate of drug-likeness (QED) is 0.0141. The molecule has 0 aliphatic heterocycles. The van der Waals surface area contributed by atoms with Crippen LogP contribution in [0.5, 0.6) is 17.2 Å².